The second kappa shape index (κ2) is 5.24. The van der Waals surface area contributed by atoms with Gasteiger partial charge in [0.25, 0.3) is 10.1 Å². The number of ether oxygens (including phenoxy) is 1. The van der Waals surface area contributed by atoms with E-state index in [-0.39, 0.29) is 18.3 Å². The lowest BCUT2D eigenvalue weighted by atomic mass is 9.96. The lowest BCUT2D eigenvalue weighted by molar-refractivity contribution is 0.288. The average Bonchev–Trinajstić information content (AvgIpc) is 2.66. The van der Waals surface area contributed by atoms with E-state index in [0.717, 1.165) is 11.8 Å². The summed E-state index contributed by atoms with van der Waals surface area (Å²) in [5.74, 6) is 0.543. The molecule has 100 valence electrons. The fourth-order valence-corrected chi connectivity index (χ4v) is 2.45. The molecular formula is C12H15FO4S. The van der Waals surface area contributed by atoms with Gasteiger partial charge in [0.2, 0.25) is 0 Å². The summed E-state index contributed by atoms with van der Waals surface area (Å²) in [6.07, 6.45) is 2.33. The molecule has 0 bridgehead atoms. The molecule has 1 aromatic rings. The zero-order chi connectivity index (χ0) is 13.2. The van der Waals surface area contributed by atoms with Gasteiger partial charge in [-0.1, -0.05) is 0 Å². The van der Waals surface area contributed by atoms with E-state index >= 15 is 0 Å². The Bertz CT molecular complexity index is 527. The molecule has 0 N–H and O–H groups in total. The van der Waals surface area contributed by atoms with Crippen LogP contribution in [-0.4, -0.2) is 27.9 Å². The highest BCUT2D eigenvalue weighted by molar-refractivity contribution is 7.85. The molecule has 0 aromatic heterocycles. The summed E-state index contributed by atoms with van der Waals surface area (Å²) < 4.78 is 44.8. The third-order valence-electron chi connectivity index (χ3n) is 2.85. The highest BCUT2D eigenvalue weighted by Gasteiger charge is 2.24. The highest BCUT2D eigenvalue weighted by Crippen LogP contribution is 2.36. The van der Waals surface area contributed by atoms with Crippen LogP contribution in [0.4, 0.5) is 4.39 Å². The molecule has 6 heteroatoms. The molecule has 1 atom stereocenters. The van der Waals surface area contributed by atoms with Crippen LogP contribution in [0.1, 0.15) is 24.3 Å². The summed E-state index contributed by atoms with van der Waals surface area (Å²) in [6, 6.07) is 4.47. The molecule has 0 aliphatic carbocycles. The largest absolute Gasteiger partial charge is 0.493 e. The number of benzene rings is 1. The first kappa shape index (κ1) is 13.3. The Labute approximate surface area is 106 Å². The number of rotatable bonds is 5. The first-order valence-electron chi connectivity index (χ1n) is 5.72. The maximum absolute atomic E-state index is 13.1. The number of fused-ring (bicyclic) bond motifs is 1. The van der Waals surface area contributed by atoms with Crippen molar-refractivity contribution in [2.45, 2.75) is 18.8 Å². The van der Waals surface area contributed by atoms with E-state index in [1.807, 2.05) is 0 Å². The van der Waals surface area contributed by atoms with Gasteiger partial charge in [-0.25, -0.2) is 4.39 Å². The fourth-order valence-electron chi connectivity index (χ4n) is 2.03. The summed E-state index contributed by atoms with van der Waals surface area (Å²) in [4.78, 5) is 0. The number of hydrogen-bond acceptors (Lipinski definition) is 4. The van der Waals surface area contributed by atoms with Crippen LogP contribution in [0.15, 0.2) is 18.2 Å². The summed E-state index contributed by atoms with van der Waals surface area (Å²) >= 11 is 0. The van der Waals surface area contributed by atoms with Crippen molar-refractivity contribution in [3.63, 3.8) is 0 Å². The van der Waals surface area contributed by atoms with Crippen LogP contribution in [-0.2, 0) is 14.3 Å². The van der Waals surface area contributed by atoms with Gasteiger partial charge in [0.1, 0.15) is 11.6 Å². The summed E-state index contributed by atoms with van der Waals surface area (Å²) in [6.45, 7) is 0.664. The molecule has 0 radical (unpaired) electrons. The second-order valence-corrected chi connectivity index (χ2v) is 6.00. The Morgan fingerprint density at radius 3 is 3.00 bits per heavy atom. The summed E-state index contributed by atoms with van der Waals surface area (Å²) in [7, 11) is -3.38. The van der Waals surface area contributed by atoms with Gasteiger partial charge in [-0.15, -0.1) is 0 Å². The van der Waals surface area contributed by atoms with Crippen molar-refractivity contribution in [2.24, 2.45) is 0 Å². The van der Waals surface area contributed by atoms with Crippen molar-refractivity contribution in [2.75, 3.05) is 19.5 Å². The van der Waals surface area contributed by atoms with Crippen molar-refractivity contribution >= 4 is 10.1 Å². The molecule has 0 amide bonds. The van der Waals surface area contributed by atoms with E-state index in [2.05, 4.69) is 4.18 Å². The van der Waals surface area contributed by atoms with E-state index in [9.17, 15) is 12.8 Å². The minimum Gasteiger partial charge on any atom is -0.493 e. The molecule has 0 saturated carbocycles. The van der Waals surface area contributed by atoms with E-state index in [1.165, 1.54) is 12.1 Å². The van der Waals surface area contributed by atoms with Crippen LogP contribution < -0.4 is 4.74 Å². The molecular weight excluding hydrogens is 259 g/mol. The molecule has 0 saturated heterocycles. The predicted molar refractivity (Wildman–Crippen MR) is 64.7 cm³/mol. The fraction of sp³-hybridized carbons (Fsp3) is 0.500. The van der Waals surface area contributed by atoms with Crippen LogP contribution in [0.25, 0.3) is 0 Å². The van der Waals surface area contributed by atoms with Gasteiger partial charge in [0, 0.05) is 11.5 Å². The SMILES string of the molecule is CS(=O)(=O)OCCCC1COc2ccc(F)cc21. The van der Waals surface area contributed by atoms with Crippen molar-refractivity contribution in [1.82, 2.24) is 0 Å². The Kier molecular flexibility index (Phi) is 3.87. The van der Waals surface area contributed by atoms with E-state index in [1.54, 1.807) is 6.07 Å². The lowest BCUT2D eigenvalue weighted by Crippen LogP contribution is -2.07. The van der Waals surface area contributed by atoms with Gasteiger partial charge in [0.05, 0.1) is 19.5 Å². The molecule has 1 aliphatic heterocycles. The minimum absolute atomic E-state index is 0.110. The van der Waals surface area contributed by atoms with Crippen LogP contribution >= 0.6 is 0 Å². The topological polar surface area (TPSA) is 52.6 Å². The Morgan fingerprint density at radius 1 is 1.50 bits per heavy atom. The van der Waals surface area contributed by atoms with Gasteiger partial charge in [-0.2, -0.15) is 8.42 Å². The van der Waals surface area contributed by atoms with Crippen molar-refractivity contribution in [1.29, 1.82) is 0 Å². The Hall–Kier alpha value is -1.14. The molecule has 1 aromatic carbocycles. The Balaban J connectivity index is 1.88. The molecule has 2 rings (SSSR count). The highest BCUT2D eigenvalue weighted by atomic mass is 32.2. The van der Waals surface area contributed by atoms with Gasteiger partial charge >= 0.3 is 0 Å². The average molecular weight is 274 g/mol. The first-order valence-corrected chi connectivity index (χ1v) is 7.54. The van der Waals surface area contributed by atoms with E-state index in [4.69, 9.17) is 4.74 Å². The first-order chi connectivity index (χ1) is 8.46. The van der Waals surface area contributed by atoms with Crippen LogP contribution in [0.2, 0.25) is 0 Å². The standard InChI is InChI=1S/C12H15FO4S/c1-18(14,15)17-6-2-3-9-8-16-12-5-4-10(13)7-11(9)12/h4-5,7,9H,2-3,6,8H2,1H3. The molecule has 1 heterocycles. The molecule has 18 heavy (non-hydrogen) atoms. The molecule has 0 fully saturated rings. The van der Waals surface area contributed by atoms with Crippen molar-refractivity contribution in [3.05, 3.63) is 29.6 Å². The monoisotopic (exact) mass is 274 g/mol. The third-order valence-corrected chi connectivity index (χ3v) is 3.44. The van der Waals surface area contributed by atoms with Gasteiger partial charge in [-0.05, 0) is 31.0 Å². The number of halogens is 1. The predicted octanol–water partition coefficient (Wildman–Crippen LogP) is 2.06. The lowest BCUT2D eigenvalue weighted by Gasteiger charge is -2.08. The molecule has 4 nitrogen and oxygen atoms in total. The van der Waals surface area contributed by atoms with Gasteiger partial charge in [0.15, 0.2) is 0 Å². The molecule has 0 spiro atoms. The van der Waals surface area contributed by atoms with Gasteiger partial charge < -0.3 is 4.74 Å². The maximum atomic E-state index is 13.1. The summed E-state index contributed by atoms with van der Waals surface area (Å²) in [5.41, 5.74) is 0.856. The van der Waals surface area contributed by atoms with Crippen LogP contribution in [0.5, 0.6) is 5.75 Å². The molecule has 1 aliphatic rings. The smallest absolute Gasteiger partial charge is 0.264 e. The van der Waals surface area contributed by atoms with Crippen LogP contribution in [0.3, 0.4) is 0 Å². The zero-order valence-electron chi connectivity index (χ0n) is 10.1. The summed E-state index contributed by atoms with van der Waals surface area (Å²) in [5, 5.41) is 0. The Morgan fingerprint density at radius 2 is 2.28 bits per heavy atom. The second-order valence-electron chi connectivity index (χ2n) is 4.36. The quantitative estimate of drug-likeness (QED) is 0.609. The molecule has 1 unspecified atom stereocenters. The van der Waals surface area contributed by atoms with E-state index < -0.39 is 10.1 Å². The van der Waals surface area contributed by atoms with Crippen LogP contribution in [0, 0.1) is 5.82 Å². The van der Waals surface area contributed by atoms with Crippen molar-refractivity contribution < 1.29 is 21.7 Å². The maximum Gasteiger partial charge on any atom is 0.264 e. The third kappa shape index (κ3) is 3.43. The normalized spacial score (nSPS) is 18.4. The zero-order valence-corrected chi connectivity index (χ0v) is 10.9. The van der Waals surface area contributed by atoms with Crippen molar-refractivity contribution in [3.8, 4) is 5.75 Å². The minimum atomic E-state index is -3.38. The van der Waals surface area contributed by atoms with Gasteiger partial charge in [-0.3, -0.25) is 4.18 Å². The van der Waals surface area contributed by atoms with E-state index in [0.29, 0.717) is 25.2 Å². The number of hydrogen-bond donors (Lipinski definition) is 0.